The van der Waals surface area contributed by atoms with Crippen molar-refractivity contribution in [3.63, 3.8) is 0 Å². The summed E-state index contributed by atoms with van der Waals surface area (Å²) >= 11 is 0. The molecule has 1 rings (SSSR count). The smallest absolute Gasteiger partial charge is 0.251 e. The van der Waals surface area contributed by atoms with Gasteiger partial charge in [0.15, 0.2) is 0 Å². The normalized spacial score (nSPS) is 10.1. The zero-order valence-corrected chi connectivity index (χ0v) is 11.3. The van der Waals surface area contributed by atoms with Gasteiger partial charge in [-0.25, -0.2) is 0 Å². The van der Waals surface area contributed by atoms with E-state index in [0.717, 1.165) is 0 Å². The predicted octanol–water partition coefficient (Wildman–Crippen LogP) is -0.380. The minimum atomic E-state index is -0.228. The average molecular weight is 280 g/mol. The van der Waals surface area contributed by atoms with Crippen molar-refractivity contribution < 1.29 is 19.8 Å². The lowest BCUT2D eigenvalue weighted by molar-refractivity contribution is -0.132. The average Bonchev–Trinajstić information content (AvgIpc) is 2.47. The number of nitrogens with one attached hydrogen (secondary N) is 1. The van der Waals surface area contributed by atoms with E-state index in [0.29, 0.717) is 5.56 Å². The molecule has 6 nitrogen and oxygen atoms in total. The van der Waals surface area contributed by atoms with Gasteiger partial charge in [0, 0.05) is 31.6 Å². The van der Waals surface area contributed by atoms with Crippen LogP contribution in [0, 0.1) is 0 Å². The van der Waals surface area contributed by atoms with E-state index >= 15 is 0 Å². The van der Waals surface area contributed by atoms with Gasteiger partial charge in [0.25, 0.3) is 5.91 Å². The van der Waals surface area contributed by atoms with Crippen LogP contribution in [0.3, 0.4) is 0 Å². The summed E-state index contributed by atoms with van der Waals surface area (Å²) in [6.07, 6.45) is 0.137. The number of rotatable bonds is 8. The molecule has 0 saturated carbocycles. The molecule has 0 radical (unpaired) electrons. The lowest BCUT2D eigenvalue weighted by atomic mass is 10.2. The molecule has 0 aliphatic carbocycles. The number of hydrogen-bond donors (Lipinski definition) is 3. The second-order valence-corrected chi connectivity index (χ2v) is 4.20. The van der Waals surface area contributed by atoms with Crippen molar-refractivity contribution in [3.8, 4) is 0 Å². The van der Waals surface area contributed by atoms with E-state index in [1.807, 2.05) is 6.07 Å². The van der Waals surface area contributed by atoms with Gasteiger partial charge in [-0.3, -0.25) is 9.59 Å². The van der Waals surface area contributed by atoms with Crippen molar-refractivity contribution >= 4 is 11.8 Å². The van der Waals surface area contributed by atoms with Gasteiger partial charge >= 0.3 is 0 Å². The third-order valence-corrected chi connectivity index (χ3v) is 2.75. The highest BCUT2D eigenvalue weighted by Crippen LogP contribution is 1.98. The number of amides is 2. The molecule has 20 heavy (non-hydrogen) atoms. The Labute approximate surface area is 118 Å². The molecule has 0 heterocycles. The molecule has 1 aromatic rings. The quantitative estimate of drug-likeness (QED) is 0.605. The maximum atomic E-state index is 11.8. The van der Waals surface area contributed by atoms with Gasteiger partial charge in [-0.1, -0.05) is 18.2 Å². The fourth-order valence-electron chi connectivity index (χ4n) is 1.74. The molecule has 6 heteroatoms. The third-order valence-electron chi connectivity index (χ3n) is 2.75. The van der Waals surface area contributed by atoms with Crippen molar-refractivity contribution in [2.75, 3.05) is 32.8 Å². The third kappa shape index (κ3) is 5.38. The van der Waals surface area contributed by atoms with Crippen LogP contribution >= 0.6 is 0 Å². The lowest BCUT2D eigenvalue weighted by Crippen LogP contribution is -2.38. The molecule has 110 valence electrons. The highest BCUT2D eigenvalue weighted by atomic mass is 16.3. The van der Waals surface area contributed by atoms with E-state index in [-0.39, 0.29) is 51.1 Å². The molecule has 3 N–H and O–H groups in total. The number of hydrogen-bond acceptors (Lipinski definition) is 4. The molecule has 0 aromatic heterocycles. The second kappa shape index (κ2) is 9.06. The lowest BCUT2D eigenvalue weighted by Gasteiger charge is -2.20. The Bertz CT molecular complexity index is 416. The molecule has 0 aliphatic heterocycles. The summed E-state index contributed by atoms with van der Waals surface area (Å²) in [5.41, 5.74) is 0.544. The van der Waals surface area contributed by atoms with Crippen molar-refractivity contribution in [2.45, 2.75) is 6.42 Å². The first kappa shape index (κ1) is 16.1. The van der Waals surface area contributed by atoms with E-state index in [1.165, 1.54) is 4.90 Å². The van der Waals surface area contributed by atoms with Crippen LogP contribution in [0.1, 0.15) is 16.8 Å². The molecule has 2 amide bonds. The van der Waals surface area contributed by atoms with E-state index in [1.54, 1.807) is 24.3 Å². The molecule has 0 spiro atoms. The molecule has 0 fully saturated rings. The van der Waals surface area contributed by atoms with Crippen LogP contribution in [0.25, 0.3) is 0 Å². The molecule has 1 aromatic carbocycles. The zero-order chi connectivity index (χ0) is 14.8. The summed E-state index contributed by atoms with van der Waals surface area (Å²) < 4.78 is 0. The van der Waals surface area contributed by atoms with E-state index < -0.39 is 0 Å². The van der Waals surface area contributed by atoms with E-state index in [9.17, 15) is 9.59 Å². The van der Waals surface area contributed by atoms with E-state index in [2.05, 4.69) is 5.32 Å². The van der Waals surface area contributed by atoms with E-state index in [4.69, 9.17) is 10.2 Å². The molecular weight excluding hydrogens is 260 g/mol. The molecule has 0 unspecified atom stereocenters. The van der Waals surface area contributed by atoms with Gasteiger partial charge in [0.2, 0.25) is 5.91 Å². The highest BCUT2D eigenvalue weighted by Gasteiger charge is 2.12. The molecule has 0 saturated heterocycles. The minimum Gasteiger partial charge on any atom is -0.395 e. The van der Waals surface area contributed by atoms with Crippen molar-refractivity contribution in [2.24, 2.45) is 0 Å². The molecule has 0 aliphatic rings. The Hall–Kier alpha value is -1.92. The molecular formula is C14H20N2O4. The highest BCUT2D eigenvalue weighted by molar-refractivity contribution is 5.94. The summed E-state index contributed by atoms with van der Waals surface area (Å²) in [5.74, 6) is -0.435. The number of nitrogens with zero attached hydrogens (tertiary/aromatic N) is 1. The Morgan fingerprint density at radius 3 is 2.20 bits per heavy atom. The number of aliphatic hydroxyl groups excluding tert-OH is 2. The Morgan fingerprint density at radius 2 is 1.65 bits per heavy atom. The monoisotopic (exact) mass is 280 g/mol. The molecule has 0 bridgehead atoms. The van der Waals surface area contributed by atoms with Gasteiger partial charge in [-0.05, 0) is 12.1 Å². The topological polar surface area (TPSA) is 89.9 Å². The first-order chi connectivity index (χ1) is 9.69. The Balaban J connectivity index is 2.35. The number of carbonyl (C=O) groups is 2. The Morgan fingerprint density at radius 1 is 1.05 bits per heavy atom. The van der Waals surface area contributed by atoms with Crippen LogP contribution in [0.15, 0.2) is 30.3 Å². The second-order valence-electron chi connectivity index (χ2n) is 4.20. The zero-order valence-electron chi connectivity index (χ0n) is 11.3. The van der Waals surface area contributed by atoms with Crippen LogP contribution in [0.2, 0.25) is 0 Å². The van der Waals surface area contributed by atoms with Crippen LogP contribution in [0.4, 0.5) is 0 Å². The van der Waals surface area contributed by atoms with Crippen LogP contribution in [-0.4, -0.2) is 59.8 Å². The van der Waals surface area contributed by atoms with Crippen LogP contribution in [0.5, 0.6) is 0 Å². The summed E-state index contributed by atoms with van der Waals surface area (Å²) in [7, 11) is 0. The predicted molar refractivity (Wildman–Crippen MR) is 74.1 cm³/mol. The fourth-order valence-corrected chi connectivity index (χ4v) is 1.74. The first-order valence-corrected chi connectivity index (χ1v) is 6.51. The van der Waals surface area contributed by atoms with Crippen LogP contribution in [-0.2, 0) is 4.79 Å². The van der Waals surface area contributed by atoms with Gasteiger partial charge in [0.1, 0.15) is 0 Å². The van der Waals surface area contributed by atoms with Crippen molar-refractivity contribution in [1.82, 2.24) is 10.2 Å². The number of benzene rings is 1. The van der Waals surface area contributed by atoms with Crippen LogP contribution < -0.4 is 5.32 Å². The largest absolute Gasteiger partial charge is 0.395 e. The van der Waals surface area contributed by atoms with Gasteiger partial charge < -0.3 is 20.4 Å². The maximum Gasteiger partial charge on any atom is 0.251 e. The molecule has 0 atom stereocenters. The number of carbonyl (C=O) groups excluding carboxylic acids is 2. The van der Waals surface area contributed by atoms with Gasteiger partial charge in [-0.15, -0.1) is 0 Å². The summed E-state index contributed by atoms with van der Waals surface area (Å²) in [5, 5.41) is 20.3. The first-order valence-electron chi connectivity index (χ1n) is 6.51. The van der Waals surface area contributed by atoms with Gasteiger partial charge in [0.05, 0.1) is 13.2 Å². The summed E-state index contributed by atoms with van der Waals surface area (Å²) in [4.78, 5) is 24.9. The summed E-state index contributed by atoms with van der Waals surface area (Å²) in [6.45, 7) is 0.294. The number of aliphatic hydroxyl groups is 2. The standard InChI is InChI=1S/C14H20N2O4/c17-10-8-16(9-11-18)13(19)6-7-15-14(20)12-4-2-1-3-5-12/h1-5,17-18H,6-11H2,(H,15,20). The SMILES string of the molecule is O=C(NCCC(=O)N(CCO)CCO)c1ccccc1. The Kier molecular flexibility index (Phi) is 7.31. The fraction of sp³-hybridized carbons (Fsp3) is 0.429. The summed E-state index contributed by atoms with van der Waals surface area (Å²) in [6, 6.07) is 8.75. The van der Waals surface area contributed by atoms with Gasteiger partial charge in [-0.2, -0.15) is 0 Å². The van der Waals surface area contributed by atoms with Crippen molar-refractivity contribution in [1.29, 1.82) is 0 Å². The minimum absolute atomic E-state index is 0.137. The van der Waals surface area contributed by atoms with Crippen molar-refractivity contribution in [3.05, 3.63) is 35.9 Å². The maximum absolute atomic E-state index is 11.8.